The number of ketones is 1. The Morgan fingerprint density at radius 2 is 2.04 bits per heavy atom. The second kappa shape index (κ2) is 10.4. The number of amides is 1. The average Bonchev–Trinajstić information content (AvgIpc) is 2.53. The molecular formula is C17H23ClF2N2O2. The Morgan fingerprint density at radius 1 is 1.25 bits per heavy atom. The molecule has 24 heavy (non-hydrogen) atoms. The van der Waals surface area contributed by atoms with Crippen LogP contribution in [0, 0.1) is 17.6 Å². The summed E-state index contributed by atoms with van der Waals surface area (Å²) in [4.78, 5) is 23.6. The lowest BCUT2D eigenvalue weighted by molar-refractivity contribution is -0.121. The number of Topliss-reactive ketones (excluding diaryl/α,β-unsaturated/α-hetero) is 1. The summed E-state index contributed by atoms with van der Waals surface area (Å²) in [6.07, 6.45) is 3.18. The molecule has 2 rings (SSSR count). The Bertz CT molecular complexity index is 564. The van der Waals surface area contributed by atoms with Gasteiger partial charge in [0.25, 0.3) is 0 Å². The molecule has 1 saturated heterocycles. The Labute approximate surface area is 146 Å². The molecule has 1 aromatic rings. The van der Waals surface area contributed by atoms with Gasteiger partial charge >= 0.3 is 0 Å². The molecule has 134 valence electrons. The van der Waals surface area contributed by atoms with Crippen LogP contribution in [-0.2, 0) is 4.79 Å². The topological polar surface area (TPSA) is 58.2 Å². The van der Waals surface area contributed by atoms with Crippen molar-refractivity contribution in [1.29, 1.82) is 0 Å². The first kappa shape index (κ1) is 20.5. The fourth-order valence-electron chi connectivity index (χ4n) is 2.75. The van der Waals surface area contributed by atoms with Crippen LogP contribution < -0.4 is 10.6 Å². The van der Waals surface area contributed by atoms with Gasteiger partial charge < -0.3 is 10.6 Å². The number of benzene rings is 1. The van der Waals surface area contributed by atoms with E-state index in [1.165, 1.54) is 6.42 Å². The number of hydrogen-bond donors (Lipinski definition) is 2. The first-order valence-electron chi connectivity index (χ1n) is 8.02. The van der Waals surface area contributed by atoms with E-state index in [9.17, 15) is 18.4 Å². The summed E-state index contributed by atoms with van der Waals surface area (Å²) in [5, 5.41) is 6.11. The monoisotopic (exact) mass is 360 g/mol. The second-order valence-electron chi connectivity index (χ2n) is 5.90. The maximum Gasteiger partial charge on any atom is 0.220 e. The molecule has 1 amide bonds. The van der Waals surface area contributed by atoms with Crippen LogP contribution in [0.15, 0.2) is 18.2 Å². The van der Waals surface area contributed by atoms with Crippen LogP contribution in [0.5, 0.6) is 0 Å². The minimum atomic E-state index is -0.889. The van der Waals surface area contributed by atoms with Crippen LogP contribution in [0.3, 0.4) is 0 Å². The lowest BCUT2D eigenvalue weighted by Crippen LogP contribution is -2.33. The van der Waals surface area contributed by atoms with Crippen molar-refractivity contribution in [2.24, 2.45) is 5.92 Å². The number of carbonyl (C=O) groups excluding carboxylic acids is 2. The van der Waals surface area contributed by atoms with Crippen LogP contribution in [0.2, 0.25) is 0 Å². The summed E-state index contributed by atoms with van der Waals surface area (Å²) in [7, 11) is 0. The summed E-state index contributed by atoms with van der Waals surface area (Å²) < 4.78 is 26.3. The van der Waals surface area contributed by atoms with Crippen LogP contribution in [0.25, 0.3) is 0 Å². The van der Waals surface area contributed by atoms with E-state index in [0.29, 0.717) is 18.5 Å². The molecule has 1 unspecified atom stereocenters. The number of nitrogens with one attached hydrogen (secondary N) is 2. The standard InChI is InChI=1S/C17H22F2N2O2.ClH/c18-13-3-4-14(15(19)10-13)16(22)5-6-17(23)21-9-7-12-2-1-8-20-11-12;/h3-4,10,12,20H,1-2,5-9,11H2,(H,21,23);1H. The lowest BCUT2D eigenvalue weighted by atomic mass is 9.96. The van der Waals surface area contributed by atoms with E-state index in [0.717, 1.165) is 38.1 Å². The molecule has 1 aliphatic heterocycles. The largest absolute Gasteiger partial charge is 0.356 e. The Hall–Kier alpha value is -1.53. The summed E-state index contributed by atoms with van der Waals surface area (Å²) in [5.74, 6) is -1.74. The molecule has 0 spiro atoms. The first-order valence-corrected chi connectivity index (χ1v) is 8.02. The predicted molar refractivity (Wildman–Crippen MR) is 90.4 cm³/mol. The Balaban J connectivity index is 0.00000288. The molecule has 0 radical (unpaired) electrons. The van der Waals surface area contributed by atoms with Gasteiger partial charge in [0.15, 0.2) is 5.78 Å². The van der Waals surface area contributed by atoms with Gasteiger partial charge in [0.2, 0.25) is 5.91 Å². The van der Waals surface area contributed by atoms with E-state index in [1.807, 2.05) is 0 Å². The smallest absolute Gasteiger partial charge is 0.220 e. The highest BCUT2D eigenvalue weighted by atomic mass is 35.5. The third-order valence-corrected chi connectivity index (χ3v) is 4.08. The van der Waals surface area contributed by atoms with Gasteiger partial charge in [-0.1, -0.05) is 0 Å². The highest BCUT2D eigenvalue weighted by molar-refractivity contribution is 5.98. The van der Waals surface area contributed by atoms with E-state index in [4.69, 9.17) is 0 Å². The van der Waals surface area contributed by atoms with Gasteiger partial charge in [0, 0.05) is 25.5 Å². The molecule has 2 N–H and O–H groups in total. The van der Waals surface area contributed by atoms with Crippen molar-refractivity contribution >= 4 is 24.1 Å². The van der Waals surface area contributed by atoms with Crippen LogP contribution in [-0.4, -0.2) is 31.3 Å². The molecule has 1 aromatic carbocycles. The minimum Gasteiger partial charge on any atom is -0.356 e. The van der Waals surface area contributed by atoms with E-state index >= 15 is 0 Å². The van der Waals surface area contributed by atoms with Gasteiger partial charge in [-0.25, -0.2) is 8.78 Å². The highest BCUT2D eigenvalue weighted by Crippen LogP contribution is 2.14. The molecular weight excluding hydrogens is 338 g/mol. The van der Waals surface area contributed by atoms with Crippen LogP contribution >= 0.6 is 12.4 Å². The molecule has 0 aliphatic carbocycles. The fourth-order valence-corrected chi connectivity index (χ4v) is 2.75. The van der Waals surface area contributed by atoms with Crippen molar-refractivity contribution in [3.8, 4) is 0 Å². The van der Waals surface area contributed by atoms with Gasteiger partial charge in [-0.05, 0) is 50.4 Å². The fraction of sp³-hybridized carbons (Fsp3) is 0.529. The van der Waals surface area contributed by atoms with Crippen molar-refractivity contribution in [1.82, 2.24) is 10.6 Å². The number of carbonyl (C=O) groups is 2. The molecule has 1 atom stereocenters. The van der Waals surface area contributed by atoms with E-state index in [-0.39, 0.29) is 36.7 Å². The van der Waals surface area contributed by atoms with Gasteiger partial charge in [-0.2, -0.15) is 0 Å². The molecule has 0 aromatic heterocycles. The quantitative estimate of drug-likeness (QED) is 0.735. The summed E-state index contributed by atoms with van der Waals surface area (Å²) in [6.45, 7) is 2.63. The number of hydrogen-bond acceptors (Lipinski definition) is 3. The average molecular weight is 361 g/mol. The normalized spacial score (nSPS) is 17.0. The second-order valence-corrected chi connectivity index (χ2v) is 5.90. The predicted octanol–water partition coefficient (Wildman–Crippen LogP) is 2.86. The zero-order valence-electron chi connectivity index (χ0n) is 13.4. The third-order valence-electron chi connectivity index (χ3n) is 4.08. The van der Waals surface area contributed by atoms with Gasteiger partial charge in [-0.3, -0.25) is 9.59 Å². The summed E-state index contributed by atoms with van der Waals surface area (Å²) in [6, 6.07) is 2.82. The molecule has 1 heterocycles. The zero-order valence-corrected chi connectivity index (χ0v) is 14.3. The Morgan fingerprint density at radius 3 is 2.71 bits per heavy atom. The van der Waals surface area contributed by atoms with Crippen molar-refractivity contribution < 1.29 is 18.4 Å². The molecule has 0 bridgehead atoms. The first-order chi connectivity index (χ1) is 11.1. The molecule has 7 heteroatoms. The van der Waals surface area contributed by atoms with Crippen LogP contribution in [0.1, 0.15) is 42.5 Å². The van der Waals surface area contributed by atoms with Gasteiger partial charge in [-0.15, -0.1) is 12.4 Å². The SMILES string of the molecule is Cl.O=C(CCC(=O)c1ccc(F)cc1F)NCCC1CCCNC1. The minimum absolute atomic E-state index is 0. The van der Waals surface area contributed by atoms with Gasteiger partial charge in [0.05, 0.1) is 5.56 Å². The molecule has 0 saturated carbocycles. The zero-order chi connectivity index (χ0) is 16.7. The number of rotatable bonds is 7. The van der Waals surface area contributed by atoms with Crippen molar-refractivity contribution in [2.45, 2.75) is 32.1 Å². The van der Waals surface area contributed by atoms with E-state index < -0.39 is 17.4 Å². The van der Waals surface area contributed by atoms with E-state index in [2.05, 4.69) is 10.6 Å². The molecule has 4 nitrogen and oxygen atoms in total. The van der Waals surface area contributed by atoms with Crippen LogP contribution in [0.4, 0.5) is 8.78 Å². The Kier molecular flexibility index (Phi) is 8.85. The maximum atomic E-state index is 13.5. The highest BCUT2D eigenvalue weighted by Gasteiger charge is 2.15. The third kappa shape index (κ3) is 6.53. The van der Waals surface area contributed by atoms with Crippen molar-refractivity contribution in [2.75, 3.05) is 19.6 Å². The van der Waals surface area contributed by atoms with E-state index in [1.54, 1.807) is 0 Å². The number of halogens is 3. The van der Waals surface area contributed by atoms with Crippen molar-refractivity contribution in [3.05, 3.63) is 35.4 Å². The maximum absolute atomic E-state index is 13.5. The number of piperidine rings is 1. The van der Waals surface area contributed by atoms with Crippen molar-refractivity contribution in [3.63, 3.8) is 0 Å². The molecule has 1 aliphatic rings. The summed E-state index contributed by atoms with van der Waals surface area (Å²) in [5.41, 5.74) is -0.174. The summed E-state index contributed by atoms with van der Waals surface area (Å²) >= 11 is 0. The van der Waals surface area contributed by atoms with Gasteiger partial charge in [0.1, 0.15) is 11.6 Å². The lowest BCUT2D eigenvalue weighted by Gasteiger charge is -2.22. The molecule has 1 fully saturated rings.